The van der Waals surface area contributed by atoms with Crippen molar-refractivity contribution in [3.05, 3.63) is 84.4 Å². The summed E-state index contributed by atoms with van der Waals surface area (Å²) in [5, 5.41) is 6.37. The third-order valence-corrected chi connectivity index (χ3v) is 4.28. The SMILES string of the molecule is Cc1cccc(-c2cc3cnccc3nc2NC(=O)Nc2ccc(F)cc2)c1. The number of urea groups is 1. The lowest BCUT2D eigenvalue weighted by molar-refractivity contribution is 0.262. The highest BCUT2D eigenvalue weighted by molar-refractivity contribution is 6.03. The molecule has 0 saturated carbocycles. The molecule has 2 N–H and O–H groups in total. The molecule has 0 bridgehead atoms. The van der Waals surface area contributed by atoms with Crippen LogP contribution in [0.4, 0.5) is 20.7 Å². The van der Waals surface area contributed by atoms with Crippen LogP contribution >= 0.6 is 0 Å². The van der Waals surface area contributed by atoms with Gasteiger partial charge in [-0.15, -0.1) is 0 Å². The minimum atomic E-state index is -0.457. The average Bonchev–Trinajstić information content (AvgIpc) is 2.69. The Morgan fingerprint density at radius 3 is 2.61 bits per heavy atom. The zero-order valence-corrected chi connectivity index (χ0v) is 15.1. The number of benzene rings is 2. The highest BCUT2D eigenvalue weighted by Crippen LogP contribution is 2.30. The summed E-state index contributed by atoms with van der Waals surface area (Å²) in [6.07, 6.45) is 3.40. The smallest absolute Gasteiger partial charge is 0.308 e. The summed E-state index contributed by atoms with van der Waals surface area (Å²) in [4.78, 5) is 21.2. The monoisotopic (exact) mass is 372 g/mol. The summed E-state index contributed by atoms with van der Waals surface area (Å²) in [5.74, 6) is 0.0707. The molecule has 2 aromatic carbocycles. The molecule has 0 saturated heterocycles. The van der Waals surface area contributed by atoms with E-state index in [1.165, 1.54) is 24.3 Å². The average molecular weight is 372 g/mol. The number of nitrogens with zero attached hydrogens (tertiary/aromatic N) is 2. The number of carbonyl (C=O) groups is 1. The molecule has 2 aromatic heterocycles. The van der Waals surface area contributed by atoms with Gasteiger partial charge in [0.1, 0.15) is 11.6 Å². The molecule has 0 unspecified atom stereocenters. The fourth-order valence-corrected chi connectivity index (χ4v) is 2.95. The van der Waals surface area contributed by atoms with E-state index in [9.17, 15) is 9.18 Å². The maximum absolute atomic E-state index is 13.0. The summed E-state index contributed by atoms with van der Waals surface area (Å²) >= 11 is 0. The molecule has 0 aliphatic rings. The molecule has 2 heterocycles. The van der Waals surface area contributed by atoms with Crippen LogP contribution in [0.2, 0.25) is 0 Å². The van der Waals surface area contributed by atoms with E-state index < -0.39 is 6.03 Å². The first-order valence-electron chi connectivity index (χ1n) is 8.74. The standard InChI is InChI=1S/C22H17FN4O/c1-14-3-2-4-15(11-14)19-12-16-13-24-10-9-20(16)26-21(19)27-22(28)25-18-7-5-17(23)6-8-18/h2-13H,1H3,(H2,25,26,27,28). The number of halogens is 1. The molecule has 4 rings (SSSR count). The third-order valence-electron chi connectivity index (χ3n) is 4.28. The van der Waals surface area contributed by atoms with Gasteiger partial charge in [0.05, 0.1) is 5.52 Å². The Morgan fingerprint density at radius 1 is 1.00 bits per heavy atom. The van der Waals surface area contributed by atoms with Crippen LogP contribution in [0.15, 0.2) is 73.1 Å². The van der Waals surface area contributed by atoms with Gasteiger partial charge in [-0.25, -0.2) is 14.2 Å². The summed E-state index contributed by atoms with van der Waals surface area (Å²) in [5.41, 5.74) is 4.05. The van der Waals surface area contributed by atoms with Gasteiger partial charge in [0.25, 0.3) is 0 Å². The van der Waals surface area contributed by atoms with E-state index in [0.29, 0.717) is 11.5 Å². The molecular weight excluding hydrogens is 355 g/mol. The Morgan fingerprint density at radius 2 is 1.82 bits per heavy atom. The van der Waals surface area contributed by atoms with Crippen molar-refractivity contribution >= 4 is 28.4 Å². The van der Waals surface area contributed by atoms with E-state index in [1.54, 1.807) is 18.5 Å². The second-order valence-corrected chi connectivity index (χ2v) is 6.41. The molecule has 0 aliphatic heterocycles. The number of hydrogen-bond acceptors (Lipinski definition) is 3. The number of fused-ring (bicyclic) bond motifs is 1. The number of pyridine rings is 2. The number of nitrogens with one attached hydrogen (secondary N) is 2. The van der Waals surface area contributed by atoms with Gasteiger partial charge in [-0.3, -0.25) is 10.3 Å². The maximum Gasteiger partial charge on any atom is 0.324 e. The summed E-state index contributed by atoms with van der Waals surface area (Å²) < 4.78 is 13.0. The van der Waals surface area contributed by atoms with Gasteiger partial charge in [0.2, 0.25) is 0 Å². The summed E-state index contributed by atoms with van der Waals surface area (Å²) in [7, 11) is 0. The van der Waals surface area contributed by atoms with E-state index in [1.807, 2.05) is 37.3 Å². The number of rotatable bonds is 3. The van der Waals surface area contributed by atoms with Gasteiger partial charge in [0.15, 0.2) is 0 Å². The number of aromatic nitrogens is 2. The lowest BCUT2D eigenvalue weighted by Crippen LogP contribution is -2.20. The van der Waals surface area contributed by atoms with Crippen LogP contribution in [0.1, 0.15) is 5.56 Å². The first kappa shape index (κ1) is 17.6. The number of aryl methyl sites for hydroxylation is 1. The molecule has 0 radical (unpaired) electrons. The molecule has 4 aromatic rings. The van der Waals surface area contributed by atoms with E-state index in [-0.39, 0.29) is 5.82 Å². The predicted molar refractivity (Wildman–Crippen MR) is 109 cm³/mol. The minimum Gasteiger partial charge on any atom is -0.308 e. The Labute approximate surface area is 161 Å². The number of hydrogen-bond donors (Lipinski definition) is 2. The molecule has 138 valence electrons. The lowest BCUT2D eigenvalue weighted by Gasteiger charge is -2.13. The molecule has 0 aliphatic carbocycles. The molecule has 0 spiro atoms. The predicted octanol–water partition coefficient (Wildman–Crippen LogP) is 5.39. The Balaban J connectivity index is 1.71. The van der Waals surface area contributed by atoms with E-state index in [0.717, 1.165) is 27.6 Å². The Bertz CT molecular complexity index is 1160. The Kier molecular flexibility index (Phi) is 4.68. The van der Waals surface area contributed by atoms with Crippen molar-refractivity contribution in [2.24, 2.45) is 0 Å². The second kappa shape index (κ2) is 7.44. The van der Waals surface area contributed by atoms with E-state index in [4.69, 9.17) is 0 Å². The van der Waals surface area contributed by atoms with Crippen molar-refractivity contribution in [1.29, 1.82) is 0 Å². The van der Waals surface area contributed by atoms with Gasteiger partial charge in [0, 0.05) is 29.0 Å². The quantitative estimate of drug-likeness (QED) is 0.507. The fraction of sp³-hybridized carbons (Fsp3) is 0.0455. The van der Waals surface area contributed by atoms with Crippen LogP contribution in [0.25, 0.3) is 22.0 Å². The van der Waals surface area contributed by atoms with Crippen LogP contribution in [0, 0.1) is 12.7 Å². The largest absolute Gasteiger partial charge is 0.324 e. The van der Waals surface area contributed by atoms with Crippen molar-refractivity contribution in [2.45, 2.75) is 6.92 Å². The van der Waals surface area contributed by atoms with Crippen molar-refractivity contribution in [2.75, 3.05) is 10.6 Å². The zero-order valence-electron chi connectivity index (χ0n) is 15.1. The fourth-order valence-electron chi connectivity index (χ4n) is 2.95. The molecule has 5 nitrogen and oxygen atoms in total. The van der Waals surface area contributed by atoms with Gasteiger partial charge in [-0.1, -0.05) is 29.8 Å². The molecular formula is C22H17FN4O. The third kappa shape index (κ3) is 3.81. The van der Waals surface area contributed by atoms with Crippen LogP contribution in [-0.2, 0) is 0 Å². The van der Waals surface area contributed by atoms with Crippen LogP contribution in [-0.4, -0.2) is 16.0 Å². The summed E-state index contributed by atoms with van der Waals surface area (Å²) in [6, 6.07) is 16.8. The van der Waals surface area contributed by atoms with Gasteiger partial charge in [-0.05, 0) is 48.9 Å². The van der Waals surface area contributed by atoms with Crippen LogP contribution < -0.4 is 10.6 Å². The van der Waals surface area contributed by atoms with Gasteiger partial charge >= 0.3 is 6.03 Å². The van der Waals surface area contributed by atoms with Crippen molar-refractivity contribution in [1.82, 2.24) is 9.97 Å². The van der Waals surface area contributed by atoms with Crippen LogP contribution in [0.5, 0.6) is 0 Å². The van der Waals surface area contributed by atoms with Crippen LogP contribution in [0.3, 0.4) is 0 Å². The highest BCUT2D eigenvalue weighted by Gasteiger charge is 2.13. The van der Waals surface area contributed by atoms with E-state index >= 15 is 0 Å². The second-order valence-electron chi connectivity index (χ2n) is 6.41. The molecule has 0 atom stereocenters. The zero-order chi connectivity index (χ0) is 19.5. The molecule has 2 amide bonds. The van der Waals surface area contributed by atoms with Crippen molar-refractivity contribution < 1.29 is 9.18 Å². The van der Waals surface area contributed by atoms with Gasteiger partial charge in [-0.2, -0.15) is 0 Å². The molecule has 28 heavy (non-hydrogen) atoms. The topological polar surface area (TPSA) is 66.9 Å². The first-order chi connectivity index (χ1) is 13.6. The normalized spacial score (nSPS) is 10.6. The molecule has 0 fully saturated rings. The molecule has 6 heteroatoms. The number of carbonyl (C=O) groups excluding carboxylic acids is 1. The number of anilines is 2. The maximum atomic E-state index is 13.0. The van der Waals surface area contributed by atoms with Crippen molar-refractivity contribution in [3.63, 3.8) is 0 Å². The summed E-state index contributed by atoms with van der Waals surface area (Å²) in [6.45, 7) is 2.01. The minimum absolute atomic E-state index is 0.363. The van der Waals surface area contributed by atoms with Gasteiger partial charge < -0.3 is 5.32 Å². The number of amides is 2. The van der Waals surface area contributed by atoms with E-state index in [2.05, 4.69) is 20.6 Å². The highest BCUT2D eigenvalue weighted by atomic mass is 19.1. The Hall–Kier alpha value is -3.80. The van der Waals surface area contributed by atoms with Crippen molar-refractivity contribution in [3.8, 4) is 11.1 Å². The first-order valence-corrected chi connectivity index (χ1v) is 8.74. The lowest BCUT2D eigenvalue weighted by atomic mass is 10.0.